The Bertz CT molecular complexity index is 1070. The van der Waals surface area contributed by atoms with Crippen LogP contribution < -0.4 is 20.2 Å². The number of carbonyl (C=O) groups is 2. The third kappa shape index (κ3) is 6.69. The number of ether oxygens (including phenoxy) is 2. The average Bonchev–Trinajstić information content (AvgIpc) is 3.32. The van der Waals surface area contributed by atoms with Crippen LogP contribution in [-0.2, 0) is 22.7 Å². The molecule has 2 N–H and O–H groups in total. The molecule has 2 aromatic carbocycles. The number of carbonyl (C=O) groups excluding carboxylic acids is 2. The van der Waals surface area contributed by atoms with Gasteiger partial charge in [0.25, 0.3) is 0 Å². The lowest BCUT2D eigenvalue weighted by Gasteiger charge is -2.12. The van der Waals surface area contributed by atoms with Crippen LogP contribution in [0.2, 0.25) is 0 Å². The molecule has 0 spiro atoms. The maximum Gasteiger partial charge on any atom is 0.329 e. The molecule has 2 amide bonds. The lowest BCUT2D eigenvalue weighted by atomic mass is 10.2. The SMILES string of the molecule is CCOc1cc(/C=N\NC(=O)C(=O)NCc2ccco2)ccc1OCc1ccc(F)cc1. The number of nitrogens with one attached hydrogen (secondary N) is 2. The molecule has 0 saturated heterocycles. The number of furan rings is 1. The predicted octanol–water partition coefficient (Wildman–Crippen LogP) is 3.16. The Kier molecular flexibility index (Phi) is 7.96. The molecular weight excluding hydrogens is 417 g/mol. The quantitative estimate of drug-likeness (QED) is 0.303. The molecule has 0 fully saturated rings. The minimum absolute atomic E-state index is 0.0973. The van der Waals surface area contributed by atoms with E-state index < -0.39 is 11.8 Å². The number of rotatable bonds is 9. The molecule has 0 radical (unpaired) electrons. The molecule has 0 unspecified atom stereocenters. The maximum absolute atomic E-state index is 13.0. The zero-order valence-corrected chi connectivity index (χ0v) is 17.3. The fourth-order valence-corrected chi connectivity index (χ4v) is 2.61. The highest BCUT2D eigenvalue weighted by Gasteiger charge is 2.12. The van der Waals surface area contributed by atoms with Gasteiger partial charge in [-0.3, -0.25) is 9.59 Å². The van der Waals surface area contributed by atoms with Gasteiger partial charge in [0.05, 0.1) is 25.6 Å². The first-order chi connectivity index (χ1) is 15.5. The Hall–Kier alpha value is -4.14. The highest BCUT2D eigenvalue weighted by atomic mass is 19.1. The summed E-state index contributed by atoms with van der Waals surface area (Å²) in [7, 11) is 0. The van der Waals surface area contributed by atoms with Crippen molar-refractivity contribution in [1.29, 1.82) is 0 Å². The third-order valence-electron chi connectivity index (χ3n) is 4.16. The molecule has 0 atom stereocenters. The number of nitrogens with zero attached hydrogens (tertiary/aromatic N) is 1. The van der Waals surface area contributed by atoms with E-state index in [0.717, 1.165) is 5.56 Å². The van der Waals surface area contributed by atoms with Crippen LogP contribution in [0.25, 0.3) is 0 Å². The summed E-state index contributed by atoms with van der Waals surface area (Å²) in [5.74, 6) is -0.528. The summed E-state index contributed by atoms with van der Waals surface area (Å²) < 4.78 is 29.5. The van der Waals surface area contributed by atoms with Gasteiger partial charge in [-0.2, -0.15) is 5.10 Å². The van der Waals surface area contributed by atoms with Gasteiger partial charge in [-0.15, -0.1) is 0 Å². The second kappa shape index (κ2) is 11.3. The van der Waals surface area contributed by atoms with Gasteiger partial charge in [0.2, 0.25) is 0 Å². The third-order valence-corrected chi connectivity index (χ3v) is 4.16. The van der Waals surface area contributed by atoms with E-state index in [4.69, 9.17) is 13.9 Å². The second-order valence-corrected chi connectivity index (χ2v) is 6.52. The summed E-state index contributed by atoms with van der Waals surface area (Å²) in [6.07, 6.45) is 2.85. The summed E-state index contributed by atoms with van der Waals surface area (Å²) in [5.41, 5.74) is 3.60. The summed E-state index contributed by atoms with van der Waals surface area (Å²) in [6.45, 7) is 2.60. The summed E-state index contributed by atoms with van der Waals surface area (Å²) in [6, 6.07) is 14.5. The van der Waals surface area contributed by atoms with Gasteiger partial charge in [0.1, 0.15) is 18.2 Å². The van der Waals surface area contributed by atoms with Gasteiger partial charge < -0.3 is 19.2 Å². The van der Waals surface area contributed by atoms with Crippen LogP contribution in [0.3, 0.4) is 0 Å². The van der Waals surface area contributed by atoms with E-state index >= 15 is 0 Å². The molecule has 0 aliphatic heterocycles. The van der Waals surface area contributed by atoms with Crippen LogP contribution in [0, 0.1) is 5.82 Å². The minimum Gasteiger partial charge on any atom is -0.490 e. The lowest BCUT2D eigenvalue weighted by Crippen LogP contribution is -2.37. The van der Waals surface area contributed by atoms with Crippen molar-refractivity contribution in [2.75, 3.05) is 6.61 Å². The fraction of sp³-hybridized carbons (Fsp3) is 0.174. The molecule has 1 heterocycles. The summed E-state index contributed by atoms with van der Waals surface area (Å²) in [4.78, 5) is 23.6. The van der Waals surface area contributed by atoms with Crippen molar-refractivity contribution in [3.8, 4) is 11.5 Å². The van der Waals surface area contributed by atoms with Crippen LogP contribution in [-0.4, -0.2) is 24.6 Å². The Morgan fingerprint density at radius 3 is 2.59 bits per heavy atom. The van der Waals surface area contributed by atoms with Crippen molar-refractivity contribution in [2.24, 2.45) is 5.10 Å². The zero-order valence-electron chi connectivity index (χ0n) is 17.3. The maximum atomic E-state index is 13.0. The molecule has 3 aromatic rings. The largest absolute Gasteiger partial charge is 0.490 e. The van der Waals surface area contributed by atoms with Crippen LogP contribution in [0.4, 0.5) is 4.39 Å². The van der Waals surface area contributed by atoms with Gasteiger partial charge in [-0.1, -0.05) is 12.1 Å². The molecule has 0 saturated carbocycles. The van der Waals surface area contributed by atoms with Crippen LogP contribution >= 0.6 is 0 Å². The van der Waals surface area contributed by atoms with E-state index in [1.807, 2.05) is 6.92 Å². The van der Waals surface area contributed by atoms with Gasteiger partial charge in [0.15, 0.2) is 11.5 Å². The topological polar surface area (TPSA) is 102 Å². The number of halogens is 1. The molecule has 1 aromatic heterocycles. The van der Waals surface area contributed by atoms with Gasteiger partial charge in [0, 0.05) is 0 Å². The van der Waals surface area contributed by atoms with Crippen molar-refractivity contribution in [2.45, 2.75) is 20.1 Å². The first kappa shape index (κ1) is 22.5. The normalized spacial score (nSPS) is 10.7. The smallest absolute Gasteiger partial charge is 0.329 e. The Morgan fingerprint density at radius 1 is 1.06 bits per heavy atom. The Balaban J connectivity index is 1.55. The molecule has 0 bridgehead atoms. The monoisotopic (exact) mass is 439 g/mol. The van der Waals surface area contributed by atoms with Gasteiger partial charge in [-0.25, -0.2) is 9.82 Å². The van der Waals surface area contributed by atoms with Gasteiger partial charge >= 0.3 is 11.8 Å². The van der Waals surface area contributed by atoms with Crippen LogP contribution in [0.5, 0.6) is 11.5 Å². The lowest BCUT2D eigenvalue weighted by molar-refractivity contribution is -0.139. The molecule has 8 nitrogen and oxygen atoms in total. The first-order valence-corrected chi connectivity index (χ1v) is 9.83. The standard InChI is InChI=1S/C23H22FN3O5/c1-2-30-21-12-17(7-10-20(21)32-15-16-5-8-18(24)9-6-16)13-26-27-23(29)22(28)25-14-19-4-3-11-31-19/h3-13H,2,14-15H2,1H3,(H,25,28)(H,27,29)/b26-13-. The zero-order chi connectivity index (χ0) is 22.8. The minimum atomic E-state index is -0.905. The predicted molar refractivity (Wildman–Crippen MR) is 115 cm³/mol. The van der Waals surface area contributed by atoms with Crippen molar-refractivity contribution in [3.63, 3.8) is 0 Å². The molecule has 3 rings (SSSR count). The van der Waals surface area contributed by atoms with E-state index in [1.54, 1.807) is 42.5 Å². The van der Waals surface area contributed by atoms with E-state index in [2.05, 4.69) is 15.8 Å². The summed E-state index contributed by atoms with van der Waals surface area (Å²) in [5, 5.41) is 6.22. The Morgan fingerprint density at radius 2 is 1.88 bits per heavy atom. The van der Waals surface area contributed by atoms with Crippen LogP contribution in [0.15, 0.2) is 70.4 Å². The molecule has 9 heteroatoms. The number of benzene rings is 2. The average molecular weight is 439 g/mol. The van der Waals surface area contributed by atoms with E-state index in [9.17, 15) is 14.0 Å². The second-order valence-electron chi connectivity index (χ2n) is 6.52. The molecule has 32 heavy (non-hydrogen) atoms. The summed E-state index contributed by atoms with van der Waals surface area (Å²) >= 11 is 0. The molecule has 0 aliphatic rings. The van der Waals surface area contributed by atoms with Crippen LogP contribution in [0.1, 0.15) is 23.8 Å². The van der Waals surface area contributed by atoms with Crippen molar-refractivity contribution >= 4 is 18.0 Å². The first-order valence-electron chi connectivity index (χ1n) is 9.83. The van der Waals surface area contributed by atoms with Gasteiger partial charge in [-0.05, 0) is 60.5 Å². The number of hydrazone groups is 1. The highest BCUT2D eigenvalue weighted by molar-refractivity contribution is 6.35. The number of hydrogen-bond donors (Lipinski definition) is 2. The number of amides is 2. The molecular formula is C23H22FN3O5. The van der Waals surface area contributed by atoms with E-state index in [-0.39, 0.29) is 19.0 Å². The number of hydrogen-bond acceptors (Lipinski definition) is 6. The van der Waals surface area contributed by atoms with Crippen molar-refractivity contribution in [3.05, 3.63) is 83.6 Å². The molecule has 166 valence electrons. The highest BCUT2D eigenvalue weighted by Crippen LogP contribution is 2.29. The van der Waals surface area contributed by atoms with E-state index in [1.165, 1.54) is 24.6 Å². The Labute approximate surface area is 184 Å². The van der Waals surface area contributed by atoms with E-state index in [0.29, 0.717) is 29.4 Å². The van der Waals surface area contributed by atoms with Crippen molar-refractivity contribution < 1.29 is 27.9 Å². The molecule has 0 aliphatic carbocycles. The fourth-order valence-electron chi connectivity index (χ4n) is 2.61. The van der Waals surface area contributed by atoms with Crippen molar-refractivity contribution in [1.82, 2.24) is 10.7 Å².